The second-order valence-electron chi connectivity index (χ2n) is 7.39. The van der Waals surface area contributed by atoms with E-state index in [0.29, 0.717) is 37.5 Å². The predicted octanol–water partition coefficient (Wildman–Crippen LogP) is 2.06. The number of carbonyl (C=O) groups is 3. The first kappa shape index (κ1) is 21.8. The molecule has 156 valence electrons. The van der Waals surface area contributed by atoms with Crippen LogP contribution in [0.25, 0.3) is 0 Å². The van der Waals surface area contributed by atoms with E-state index in [9.17, 15) is 14.4 Å². The van der Waals surface area contributed by atoms with Crippen molar-refractivity contribution in [2.45, 2.75) is 83.1 Å². The van der Waals surface area contributed by atoms with Crippen LogP contribution in [-0.4, -0.2) is 39.6 Å². The van der Waals surface area contributed by atoms with Crippen LogP contribution in [0.1, 0.15) is 82.8 Å². The molecule has 9 heteroatoms. The molecule has 2 rings (SSSR count). The van der Waals surface area contributed by atoms with Gasteiger partial charge < -0.3 is 20.3 Å². The molecule has 0 aromatic carbocycles. The summed E-state index contributed by atoms with van der Waals surface area (Å²) in [5.41, 5.74) is -0.587. The van der Waals surface area contributed by atoms with Gasteiger partial charge >= 0.3 is 5.97 Å². The average molecular weight is 394 g/mol. The molecule has 2 amide bonds. The third-order valence-corrected chi connectivity index (χ3v) is 4.97. The molecule has 1 aliphatic carbocycles. The molecule has 1 aromatic rings. The number of nitrogens with one attached hydrogen (secondary N) is 2. The Morgan fingerprint density at radius 1 is 1.11 bits per heavy atom. The Labute approximate surface area is 164 Å². The van der Waals surface area contributed by atoms with Gasteiger partial charge in [-0.3, -0.25) is 14.4 Å². The van der Waals surface area contributed by atoms with E-state index in [0.717, 1.165) is 38.5 Å². The zero-order chi connectivity index (χ0) is 20.4. The lowest BCUT2D eigenvalue weighted by atomic mass is 9.89. The van der Waals surface area contributed by atoms with Crippen LogP contribution in [0.5, 0.6) is 0 Å². The van der Waals surface area contributed by atoms with E-state index >= 15 is 0 Å². The molecule has 0 aliphatic heterocycles. The number of carboxylic acid groups (broad SMARTS) is 1. The second kappa shape index (κ2) is 10.8. The van der Waals surface area contributed by atoms with Gasteiger partial charge in [-0.25, -0.2) is 0 Å². The monoisotopic (exact) mass is 394 g/mol. The maximum Gasteiger partial charge on any atom is 0.303 e. The van der Waals surface area contributed by atoms with Crippen molar-refractivity contribution in [2.24, 2.45) is 0 Å². The van der Waals surface area contributed by atoms with Gasteiger partial charge in [0.05, 0.1) is 0 Å². The Balaban J connectivity index is 1.85. The lowest BCUT2D eigenvalue weighted by Gasteiger charge is -2.30. The number of rotatable bonds is 10. The van der Waals surface area contributed by atoms with Crippen molar-refractivity contribution in [3.63, 3.8) is 0 Å². The molecule has 1 fully saturated rings. The second-order valence-corrected chi connectivity index (χ2v) is 7.39. The Bertz CT molecular complexity index is 665. The third-order valence-electron chi connectivity index (χ3n) is 4.97. The fourth-order valence-corrected chi connectivity index (χ4v) is 3.56. The maximum atomic E-state index is 11.9. The number of aromatic nitrogens is 2. The van der Waals surface area contributed by atoms with Gasteiger partial charge in [0.2, 0.25) is 17.7 Å². The first-order chi connectivity index (χ1) is 13.4. The van der Waals surface area contributed by atoms with Gasteiger partial charge in [0.25, 0.3) is 0 Å². The third kappa shape index (κ3) is 6.94. The average Bonchev–Trinajstić information content (AvgIpc) is 2.99. The minimum Gasteiger partial charge on any atom is -0.481 e. The highest BCUT2D eigenvalue weighted by atomic mass is 16.5. The fraction of sp³-hybridized carbons (Fsp3) is 0.737. The van der Waals surface area contributed by atoms with Crippen LogP contribution in [-0.2, 0) is 26.3 Å². The number of nitrogens with zero attached hydrogens (tertiary/aromatic N) is 2. The first-order valence-corrected chi connectivity index (χ1v) is 10.0. The van der Waals surface area contributed by atoms with Crippen LogP contribution in [0.4, 0.5) is 0 Å². The molecular formula is C19H30N4O5. The zero-order valence-corrected chi connectivity index (χ0v) is 16.5. The summed E-state index contributed by atoms with van der Waals surface area (Å²) in [6.07, 6.45) is 7.61. The topological polar surface area (TPSA) is 134 Å². The van der Waals surface area contributed by atoms with Crippen LogP contribution in [0.3, 0.4) is 0 Å². The lowest BCUT2D eigenvalue weighted by Crippen LogP contribution is -2.45. The van der Waals surface area contributed by atoms with Crippen LogP contribution >= 0.6 is 0 Å². The number of carboxylic acids is 1. The molecule has 0 spiro atoms. The molecule has 9 nitrogen and oxygen atoms in total. The van der Waals surface area contributed by atoms with Gasteiger partial charge in [-0.2, -0.15) is 4.98 Å². The van der Waals surface area contributed by atoms with E-state index in [-0.39, 0.29) is 24.7 Å². The first-order valence-electron chi connectivity index (χ1n) is 10.0. The molecule has 0 bridgehead atoms. The smallest absolute Gasteiger partial charge is 0.303 e. The van der Waals surface area contributed by atoms with Crippen molar-refractivity contribution in [1.29, 1.82) is 0 Å². The Morgan fingerprint density at radius 2 is 1.82 bits per heavy atom. The molecule has 1 saturated carbocycles. The van der Waals surface area contributed by atoms with E-state index < -0.39 is 11.5 Å². The minimum absolute atomic E-state index is 0.108. The fourth-order valence-electron chi connectivity index (χ4n) is 3.56. The summed E-state index contributed by atoms with van der Waals surface area (Å²) in [7, 11) is 0. The Kier molecular flexibility index (Phi) is 8.41. The summed E-state index contributed by atoms with van der Waals surface area (Å²) in [6.45, 7) is 1.95. The Morgan fingerprint density at radius 3 is 2.46 bits per heavy atom. The highest BCUT2D eigenvalue weighted by molar-refractivity contribution is 5.76. The van der Waals surface area contributed by atoms with Crippen molar-refractivity contribution in [3.05, 3.63) is 11.7 Å². The van der Waals surface area contributed by atoms with Crippen LogP contribution in [0.2, 0.25) is 0 Å². The van der Waals surface area contributed by atoms with Gasteiger partial charge in [0, 0.05) is 32.7 Å². The normalized spacial score (nSPS) is 16.2. The van der Waals surface area contributed by atoms with Crippen LogP contribution in [0, 0.1) is 0 Å². The summed E-state index contributed by atoms with van der Waals surface area (Å²) in [4.78, 5) is 38.5. The maximum absolute atomic E-state index is 11.9. The number of amides is 2. The standard InChI is InChI=1S/C19H30N4O5/c1-14(24)22-19(11-5-2-3-6-12-19)18-21-16(28-23-18)10-9-15(25)20-13-7-4-8-17(26)27/h2-13H2,1H3,(H,20,25)(H,22,24)(H,26,27). The number of hydrogen-bond donors (Lipinski definition) is 3. The molecule has 28 heavy (non-hydrogen) atoms. The largest absolute Gasteiger partial charge is 0.481 e. The quantitative estimate of drug-likeness (QED) is 0.408. The summed E-state index contributed by atoms with van der Waals surface area (Å²) in [5, 5.41) is 18.5. The number of carbonyl (C=O) groups excluding carboxylic acids is 2. The van der Waals surface area contributed by atoms with E-state index in [4.69, 9.17) is 9.63 Å². The molecule has 1 heterocycles. The molecule has 3 N–H and O–H groups in total. The summed E-state index contributed by atoms with van der Waals surface area (Å²) < 4.78 is 5.33. The summed E-state index contributed by atoms with van der Waals surface area (Å²) in [5.74, 6) is -0.209. The zero-order valence-electron chi connectivity index (χ0n) is 16.5. The van der Waals surface area contributed by atoms with Crippen molar-refractivity contribution in [2.75, 3.05) is 6.54 Å². The van der Waals surface area contributed by atoms with Gasteiger partial charge in [-0.15, -0.1) is 0 Å². The minimum atomic E-state index is -0.829. The van der Waals surface area contributed by atoms with E-state index in [1.54, 1.807) is 0 Å². The molecular weight excluding hydrogens is 364 g/mol. The van der Waals surface area contributed by atoms with Crippen molar-refractivity contribution < 1.29 is 24.0 Å². The summed E-state index contributed by atoms with van der Waals surface area (Å²) in [6, 6.07) is 0. The van der Waals surface area contributed by atoms with Gasteiger partial charge in [0.15, 0.2) is 5.82 Å². The number of aliphatic carboxylic acids is 1. The molecule has 0 radical (unpaired) electrons. The van der Waals surface area contributed by atoms with Crippen LogP contribution < -0.4 is 10.6 Å². The lowest BCUT2D eigenvalue weighted by molar-refractivity contribution is -0.137. The molecule has 0 unspecified atom stereocenters. The SMILES string of the molecule is CC(=O)NC1(c2noc(CCC(=O)NCCCCC(=O)O)n2)CCCCCC1. The number of hydrogen-bond acceptors (Lipinski definition) is 6. The summed E-state index contributed by atoms with van der Waals surface area (Å²) >= 11 is 0. The molecule has 0 saturated heterocycles. The van der Waals surface area contributed by atoms with Gasteiger partial charge in [-0.05, 0) is 25.7 Å². The highest BCUT2D eigenvalue weighted by Gasteiger charge is 2.38. The Hall–Kier alpha value is -2.45. The van der Waals surface area contributed by atoms with E-state index in [1.165, 1.54) is 6.92 Å². The van der Waals surface area contributed by atoms with E-state index in [2.05, 4.69) is 20.8 Å². The van der Waals surface area contributed by atoms with Crippen LogP contribution in [0.15, 0.2) is 4.52 Å². The van der Waals surface area contributed by atoms with Crippen molar-refractivity contribution in [1.82, 2.24) is 20.8 Å². The molecule has 0 atom stereocenters. The van der Waals surface area contributed by atoms with Gasteiger partial charge in [-0.1, -0.05) is 30.8 Å². The van der Waals surface area contributed by atoms with E-state index in [1.807, 2.05) is 0 Å². The highest BCUT2D eigenvalue weighted by Crippen LogP contribution is 2.34. The number of aryl methyl sites for hydroxylation is 1. The predicted molar refractivity (Wildman–Crippen MR) is 100 cm³/mol. The van der Waals surface area contributed by atoms with Crippen molar-refractivity contribution >= 4 is 17.8 Å². The van der Waals surface area contributed by atoms with Gasteiger partial charge in [0.1, 0.15) is 5.54 Å². The molecule has 1 aromatic heterocycles. The van der Waals surface area contributed by atoms with Crippen molar-refractivity contribution in [3.8, 4) is 0 Å². The molecule has 1 aliphatic rings. The number of unbranched alkanes of at least 4 members (excludes halogenated alkanes) is 1.